The minimum atomic E-state index is -0.372. The minimum Gasteiger partial charge on any atom is -0.494 e. The van der Waals surface area contributed by atoms with Crippen LogP contribution in [0.2, 0.25) is 0 Å². The molecule has 0 fully saturated rings. The normalized spacial score (nSPS) is 10.7. The van der Waals surface area contributed by atoms with Crippen molar-refractivity contribution < 1.29 is 9.53 Å². The van der Waals surface area contributed by atoms with Crippen LogP contribution < -0.4 is 10.1 Å². The molecule has 0 aliphatic heterocycles. The quantitative estimate of drug-likeness (QED) is 0.472. The Balaban J connectivity index is 1.67. The van der Waals surface area contributed by atoms with E-state index in [-0.39, 0.29) is 11.7 Å². The number of carbonyl (C=O) groups excluding carboxylic acids is 1. The monoisotopic (exact) mass is 412 g/mol. The number of benzene rings is 3. The second-order valence-corrected chi connectivity index (χ2v) is 7.28. The molecule has 0 atom stereocenters. The van der Waals surface area contributed by atoms with Crippen LogP contribution in [0.3, 0.4) is 0 Å². The van der Waals surface area contributed by atoms with E-state index in [9.17, 15) is 4.79 Å². The van der Waals surface area contributed by atoms with E-state index in [1.165, 1.54) is 0 Å². The Labute approximate surface area is 181 Å². The van der Waals surface area contributed by atoms with E-state index >= 15 is 0 Å². The molecule has 4 rings (SSSR count). The third kappa shape index (κ3) is 4.64. The highest BCUT2D eigenvalue weighted by molar-refractivity contribution is 6.01. The first-order valence-corrected chi connectivity index (χ1v) is 10.2. The van der Waals surface area contributed by atoms with Gasteiger partial charge in [0.25, 0.3) is 5.91 Å². The molecule has 0 aliphatic carbocycles. The fourth-order valence-electron chi connectivity index (χ4n) is 3.15. The lowest BCUT2D eigenvalue weighted by Gasteiger charge is -2.06. The van der Waals surface area contributed by atoms with E-state index in [0.29, 0.717) is 18.1 Å². The molecule has 6 nitrogen and oxygen atoms in total. The third-order valence-electron chi connectivity index (χ3n) is 4.82. The maximum atomic E-state index is 12.9. The largest absolute Gasteiger partial charge is 0.494 e. The van der Waals surface area contributed by atoms with E-state index < -0.39 is 0 Å². The van der Waals surface area contributed by atoms with Crippen molar-refractivity contribution in [3.05, 3.63) is 89.7 Å². The number of nitrogens with one attached hydrogen (secondary N) is 1. The van der Waals surface area contributed by atoms with Gasteiger partial charge in [0.05, 0.1) is 12.3 Å². The fraction of sp³-hybridized carbons (Fsp3) is 0.160. The molecule has 4 aromatic rings. The van der Waals surface area contributed by atoms with Crippen LogP contribution in [-0.2, 0) is 0 Å². The summed E-state index contributed by atoms with van der Waals surface area (Å²) in [6, 6.07) is 23.2. The van der Waals surface area contributed by atoms with Crippen LogP contribution in [-0.4, -0.2) is 27.3 Å². The molecule has 156 valence electrons. The Morgan fingerprint density at radius 1 is 0.903 bits per heavy atom. The summed E-state index contributed by atoms with van der Waals surface area (Å²) >= 11 is 0. The number of hydrogen-bond donors (Lipinski definition) is 1. The highest BCUT2D eigenvalue weighted by Gasteiger charge is 2.19. The van der Waals surface area contributed by atoms with Crippen LogP contribution in [0.25, 0.3) is 17.1 Å². The van der Waals surface area contributed by atoms with Crippen molar-refractivity contribution in [1.29, 1.82) is 0 Å². The number of carbonyl (C=O) groups is 1. The number of hydrogen-bond acceptors (Lipinski definition) is 4. The second kappa shape index (κ2) is 8.83. The van der Waals surface area contributed by atoms with Crippen LogP contribution in [0.15, 0.2) is 72.8 Å². The molecular formula is C25H24N4O2. The average molecular weight is 412 g/mol. The van der Waals surface area contributed by atoms with Gasteiger partial charge in [0, 0.05) is 11.3 Å². The molecule has 0 saturated heterocycles. The van der Waals surface area contributed by atoms with Crippen molar-refractivity contribution >= 4 is 11.6 Å². The van der Waals surface area contributed by atoms with E-state index in [1.54, 1.807) is 16.8 Å². The van der Waals surface area contributed by atoms with Gasteiger partial charge in [-0.2, -0.15) is 0 Å². The zero-order valence-corrected chi connectivity index (χ0v) is 17.8. The van der Waals surface area contributed by atoms with Crippen LogP contribution in [0.5, 0.6) is 5.75 Å². The first-order valence-electron chi connectivity index (χ1n) is 10.2. The summed E-state index contributed by atoms with van der Waals surface area (Å²) in [5.74, 6) is 1.10. The smallest absolute Gasteiger partial charge is 0.295 e. The summed E-state index contributed by atoms with van der Waals surface area (Å²) in [5.41, 5.74) is 4.68. The molecule has 3 aromatic carbocycles. The van der Waals surface area contributed by atoms with Gasteiger partial charge in [-0.25, -0.2) is 9.67 Å². The average Bonchev–Trinajstić information content (AvgIpc) is 3.22. The molecule has 1 N–H and O–H groups in total. The fourth-order valence-corrected chi connectivity index (χ4v) is 3.15. The zero-order chi connectivity index (χ0) is 21.8. The third-order valence-corrected chi connectivity index (χ3v) is 4.82. The SMILES string of the molecule is CCOc1ccc(NC(=O)c2nc(-c3ccc(C)cc3)n(-c3ccc(C)cc3)n2)cc1. The molecule has 1 heterocycles. The summed E-state index contributed by atoms with van der Waals surface area (Å²) in [6.45, 7) is 6.58. The highest BCUT2D eigenvalue weighted by Crippen LogP contribution is 2.23. The Hall–Kier alpha value is -3.93. The van der Waals surface area contributed by atoms with E-state index in [4.69, 9.17) is 4.74 Å². The van der Waals surface area contributed by atoms with Crippen molar-refractivity contribution in [3.63, 3.8) is 0 Å². The summed E-state index contributed by atoms with van der Waals surface area (Å²) in [4.78, 5) is 17.4. The lowest BCUT2D eigenvalue weighted by atomic mass is 10.1. The zero-order valence-electron chi connectivity index (χ0n) is 17.8. The molecule has 1 aromatic heterocycles. The Bertz CT molecular complexity index is 1110. The highest BCUT2D eigenvalue weighted by atomic mass is 16.5. The number of anilines is 1. The van der Waals surface area contributed by atoms with Gasteiger partial charge in [0.15, 0.2) is 5.82 Å². The topological polar surface area (TPSA) is 69.0 Å². The van der Waals surface area contributed by atoms with Gasteiger partial charge in [-0.1, -0.05) is 47.5 Å². The molecular weight excluding hydrogens is 388 g/mol. The van der Waals surface area contributed by atoms with Gasteiger partial charge in [-0.05, 0) is 57.2 Å². The first kappa shape index (κ1) is 20.3. The summed E-state index contributed by atoms with van der Waals surface area (Å²) in [5, 5.41) is 7.38. The predicted molar refractivity (Wildman–Crippen MR) is 122 cm³/mol. The number of aromatic nitrogens is 3. The number of rotatable bonds is 6. The van der Waals surface area contributed by atoms with Gasteiger partial charge < -0.3 is 10.1 Å². The lowest BCUT2D eigenvalue weighted by molar-refractivity contribution is 0.101. The van der Waals surface area contributed by atoms with Crippen molar-refractivity contribution in [2.75, 3.05) is 11.9 Å². The molecule has 0 radical (unpaired) electrons. The Kier molecular flexibility index (Phi) is 5.80. The molecule has 0 bridgehead atoms. The molecule has 0 spiro atoms. The second-order valence-electron chi connectivity index (χ2n) is 7.28. The van der Waals surface area contributed by atoms with Gasteiger partial charge in [0.1, 0.15) is 5.75 Å². The number of aryl methyl sites for hydroxylation is 2. The lowest BCUT2D eigenvalue weighted by Crippen LogP contribution is -2.14. The van der Waals surface area contributed by atoms with Gasteiger partial charge >= 0.3 is 0 Å². The molecule has 31 heavy (non-hydrogen) atoms. The van der Waals surface area contributed by atoms with Crippen molar-refractivity contribution in [2.24, 2.45) is 0 Å². The number of ether oxygens (including phenoxy) is 1. The van der Waals surface area contributed by atoms with Crippen LogP contribution in [0.4, 0.5) is 5.69 Å². The van der Waals surface area contributed by atoms with E-state index in [2.05, 4.69) is 15.4 Å². The van der Waals surface area contributed by atoms with Crippen molar-refractivity contribution in [3.8, 4) is 22.8 Å². The first-order chi connectivity index (χ1) is 15.0. The van der Waals surface area contributed by atoms with Crippen LogP contribution >= 0.6 is 0 Å². The molecule has 0 saturated carbocycles. The van der Waals surface area contributed by atoms with Crippen LogP contribution in [0, 0.1) is 13.8 Å². The Morgan fingerprint density at radius 3 is 2.13 bits per heavy atom. The summed E-state index contributed by atoms with van der Waals surface area (Å²) in [7, 11) is 0. The van der Waals surface area contributed by atoms with E-state index in [0.717, 1.165) is 28.1 Å². The number of amides is 1. The number of nitrogens with zero attached hydrogens (tertiary/aromatic N) is 3. The van der Waals surface area contributed by atoms with Crippen LogP contribution in [0.1, 0.15) is 28.7 Å². The van der Waals surface area contributed by atoms with Gasteiger partial charge in [0.2, 0.25) is 5.82 Å². The molecule has 6 heteroatoms. The van der Waals surface area contributed by atoms with E-state index in [1.807, 2.05) is 81.4 Å². The van der Waals surface area contributed by atoms with Gasteiger partial charge in [-0.15, -0.1) is 5.10 Å². The molecule has 1 amide bonds. The van der Waals surface area contributed by atoms with Gasteiger partial charge in [-0.3, -0.25) is 4.79 Å². The standard InChI is InChI=1S/C25H24N4O2/c1-4-31-22-15-11-20(12-16-22)26-25(30)23-27-24(19-9-5-17(2)6-10-19)29(28-23)21-13-7-18(3)8-14-21/h5-16H,4H2,1-3H3,(H,26,30). The van der Waals surface area contributed by atoms with Crippen molar-refractivity contribution in [2.45, 2.75) is 20.8 Å². The van der Waals surface area contributed by atoms with Crippen molar-refractivity contribution in [1.82, 2.24) is 14.8 Å². The molecule has 0 aliphatic rings. The molecule has 0 unspecified atom stereocenters. The minimum absolute atomic E-state index is 0.102. The Morgan fingerprint density at radius 2 is 1.52 bits per heavy atom. The maximum absolute atomic E-state index is 12.9. The summed E-state index contributed by atoms with van der Waals surface area (Å²) in [6.07, 6.45) is 0. The maximum Gasteiger partial charge on any atom is 0.295 e. The summed E-state index contributed by atoms with van der Waals surface area (Å²) < 4.78 is 7.15. The predicted octanol–water partition coefficient (Wildman–Crippen LogP) is 5.20.